The predicted molar refractivity (Wildman–Crippen MR) is 57.0 cm³/mol. The van der Waals surface area contributed by atoms with Gasteiger partial charge in [-0.1, -0.05) is 22.9 Å². The summed E-state index contributed by atoms with van der Waals surface area (Å²) in [5.74, 6) is 0. The molecule has 0 aromatic carbocycles. The second-order valence-electron chi connectivity index (χ2n) is 2.49. The molecule has 0 radical (unpaired) electrons. The molecule has 0 unspecified atom stereocenters. The molecule has 0 amide bonds. The maximum atomic E-state index is 5.98. The van der Waals surface area contributed by atoms with Gasteiger partial charge >= 0.3 is 0 Å². The molecular formula is C7H5BrClN3S. The Hall–Kier alpha value is -0.390. The molecule has 0 atom stereocenters. The number of aromatic nitrogens is 3. The minimum atomic E-state index is 0.680. The van der Waals surface area contributed by atoms with E-state index in [2.05, 4.69) is 26.0 Å². The Kier molecular flexibility index (Phi) is 2.40. The first-order valence-corrected chi connectivity index (χ1v) is 5.46. The van der Waals surface area contributed by atoms with Gasteiger partial charge in [0.1, 0.15) is 10.0 Å². The molecule has 0 N–H and O–H groups in total. The summed E-state index contributed by atoms with van der Waals surface area (Å²) in [6.07, 6.45) is 3.63. The molecule has 0 saturated carbocycles. The zero-order chi connectivity index (χ0) is 9.42. The smallest absolute Gasteiger partial charge is 0.161 e. The van der Waals surface area contributed by atoms with Crippen molar-refractivity contribution in [2.45, 2.75) is 0 Å². The highest BCUT2D eigenvalue weighted by Crippen LogP contribution is 2.34. The van der Waals surface area contributed by atoms with Crippen LogP contribution in [-0.2, 0) is 7.05 Å². The fraction of sp³-hybridized carbons (Fsp3) is 0.143. The number of hydrogen-bond acceptors (Lipinski definition) is 3. The zero-order valence-electron chi connectivity index (χ0n) is 6.66. The Morgan fingerprint density at radius 2 is 2.38 bits per heavy atom. The minimum absolute atomic E-state index is 0.680. The van der Waals surface area contributed by atoms with Crippen LogP contribution in [0.25, 0.3) is 11.3 Å². The van der Waals surface area contributed by atoms with Crippen molar-refractivity contribution in [3.63, 3.8) is 0 Å². The molecule has 0 fully saturated rings. The third-order valence-corrected chi connectivity index (χ3v) is 3.24. The standard InChI is InChI=1S/C7H5BrClN3S/c1-12-3-4(2-10-12)5-6(9)13-7(8)11-5/h2-3H,1H3. The maximum absolute atomic E-state index is 5.98. The lowest BCUT2D eigenvalue weighted by Crippen LogP contribution is -1.84. The minimum Gasteiger partial charge on any atom is -0.275 e. The van der Waals surface area contributed by atoms with Gasteiger partial charge in [0, 0.05) is 18.8 Å². The second-order valence-corrected chi connectivity index (χ2v) is 5.37. The van der Waals surface area contributed by atoms with Crippen LogP contribution in [0.2, 0.25) is 4.34 Å². The molecule has 2 rings (SSSR count). The van der Waals surface area contributed by atoms with Crippen LogP contribution in [0.15, 0.2) is 16.3 Å². The van der Waals surface area contributed by atoms with Gasteiger partial charge in [-0.25, -0.2) is 4.98 Å². The Labute approximate surface area is 92.5 Å². The van der Waals surface area contributed by atoms with E-state index < -0.39 is 0 Å². The van der Waals surface area contributed by atoms with E-state index in [1.165, 1.54) is 11.3 Å². The summed E-state index contributed by atoms with van der Waals surface area (Å²) >= 11 is 10.7. The molecule has 0 saturated heterocycles. The fourth-order valence-electron chi connectivity index (χ4n) is 0.998. The van der Waals surface area contributed by atoms with Crippen LogP contribution in [-0.4, -0.2) is 14.8 Å². The van der Waals surface area contributed by atoms with Gasteiger partial charge < -0.3 is 0 Å². The van der Waals surface area contributed by atoms with Crippen molar-refractivity contribution in [3.05, 3.63) is 20.6 Å². The van der Waals surface area contributed by atoms with E-state index in [4.69, 9.17) is 11.6 Å². The molecule has 13 heavy (non-hydrogen) atoms. The van der Waals surface area contributed by atoms with E-state index in [-0.39, 0.29) is 0 Å². The first-order chi connectivity index (χ1) is 6.16. The van der Waals surface area contributed by atoms with Crippen LogP contribution in [0.4, 0.5) is 0 Å². The van der Waals surface area contributed by atoms with E-state index in [1.807, 2.05) is 13.2 Å². The van der Waals surface area contributed by atoms with Crippen molar-refractivity contribution >= 4 is 38.9 Å². The molecule has 3 nitrogen and oxygen atoms in total. The van der Waals surface area contributed by atoms with Crippen LogP contribution in [0.5, 0.6) is 0 Å². The van der Waals surface area contributed by atoms with E-state index in [1.54, 1.807) is 10.9 Å². The molecule has 0 aliphatic carbocycles. The summed E-state index contributed by atoms with van der Waals surface area (Å²) in [5.41, 5.74) is 1.72. The average Bonchev–Trinajstić information content (AvgIpc) is 2.58. The molecule has 2 aromatic heterocycles. The molecule has 0 spiro atoms. The summed E-state index contributed by atoms with van der Waals surface area (Å²) in [6.45, 7) is 0. The van der Waals surface area contributed by atoms with Gasteiger partial charge in [-0.3, -0.25) is 4.68 Å². The highest BCUT2D eigenvalue weighted by atomic mass is 79.9. The highest BCUT2D eigenvalue weighted by molar-refractivity contribution is 9.11. The first kappa shape index (κ1) is 9.18. The Morgan fingerprint density at radius 3 is 2.85 bits per heavy atom. The molecule has 2 aromatic rings. The number of halogens is 2. The Bertz CT molecular complexity index is 437. The molecule has 0 bridgehead atoms. The van der Waals surface area contributed by atoms with Crippen molar-refractivity contribution < 1.29 is 0 Å². The lowest BCUT2D eigenvalue weighted by Gasteiger charge is -1.88. The van der Waals surface area contributed by atoms with Crippen molar-refractivity contribution in [2.75, 3.05) is 0 Å². The van der Waals surface area contributed by atoms with Gasteiger partial charge in [0.25, 0.3) is 0 Å². The van der Waals surface area contributed by atoms with Crippen molar-refractivity contribution in [1.82, 2.24) is 14.8 Å². The van der Waals surface area contributed by atoms with Crippen LogP contribution in [0.3, 0.4) is 0 Å². The van der Waals surface area contributed by atoms with Crippen molar-refractivity contribution in [2.24, 2.45) is 7.05 Å². The molecule has 6 heteroatoms. The lowest BCUT2D eigenvalue weighted by molar-refractivity contribution is 0.768. The molecular weight excluding hydrogens is 274 g/mol. The summed E-state index contributed by atoms with van der Waals surface area (Å²) in [6, 6.07) is 0. The fourth-order valence-corrected chi connectivity index (χ4v) is 2.86. The normalized spacial score (nSPS) is 10.7. The monoisotopic (exact) mass is 277 g/mol. The first-order valence-electron chi connectivity index (χ1n) is 3.47. The topological polar surface area (TPSA) is 30.7 Å². The Morgan fingerprint density at radius 1 is 1.62 bits per heavy atom. The number of nitrogens with zero attached hydrogens (tertiary/aromatic N) is 3. The van der Waals surface area contributed by atoms with Crippen LogP contribution in [0, 0.1) is 0 Å². The lowest BCUT2D eigenvalue weighted by atomic mass is 10.3. The summed E-state index contributed by atoms with van der Waals surface area (Å²) < 4.78 is 3.19. The number of aryl methyl sites for hydroxylation is 1. The van der Waals surface area contributed by atoms with Crippen molar-refractivity contribution in [1.29, 1.82) is 0 Å². The summed E-state index contributed by atoms with van der Waals surface area (Å²) in [7, 11) is 1.86. The SMILES string of the molecule is Cn1cc(-c2nc(Br)sc2Cl)cn1. The third-order valence-electron chi connectivity index (χ3n) is 1.54. The van der Waals surface area contributed by atoms with Gasteiger partial charge in [0.05, 0.1) is 6.20 Å². The van der Waals surface area contributed by atoms with E-state index >= 15 is 0 Å². The van der Waals surface area contributed by atoms with Gasteiger partial charge in [-0.2, -0.15) is 5.10 Å². The van der Waals surface area contributed by atoms with Crippen LogP contribution >= 0.6 is 38.9 Å². The maximum Gasteiger partial charge on any atom is 0.161 e. The van der Waals surface area contributed by atoms with Crippen molar-refractivity contribution in [3.8, 4) is 11.3 Å². The summed E-state index contributed by atoms with van der Waals surface area (Å²) in [4.78, 5) is 4.24. The summed E-state index contributed by atoms with van der Waals surface area (Å²) in [5, 5.41) is 4.05. The van der Waals surface area contributed by atoms with E-state index in [0.29, 0.717) is 4.34 Å². The molecule has 0 aliphatic heterocycles. The number of rotatable bonds is 1. The highest BCUT2D eigenvalue weighted by Gasteiger charge is 2.10. The predicted octanol–water partition coefficient (Wildman–Crippen LogP) is 2.96. The van der Waals surface area contributed by atoms with Gasteiger partial charge in [0.2, 0.25) is 0 Å². The second kappa shape index (κ2) is 3.40. The quantitative estimate of drug-likeness (QED) is 0.803. The van der Waals surface area contributed by atoms with E-state index in [0.717, 1.165) is 15.2 Å². The number of thiazole rings is 1. The van der Waals surface area contributed by atoms with Gasteiger partial charge in [-0.05, 0) is 15.9 Å². The zero-order valence-corrected chi connectivity index (χ0v) is 9.82. The molecule has 0 aliphatic rings. The van der Waals surface area contributed by atoms with E-state index in [9.17, 15) is 0 Å². The molecule has 2 heterocycles. The van der Waals surface area contributed by atoms with Gasteiger partial charge in [-0.15, -0.1) is 0 Å². The van der Waals surface area contributed by atoms with Gasteiger partial charge in [0.15, 0.2) is 3.92 Å². The largest absolute Gasteiger partial charge is 0.275 e. The third kappa shape index (κ3) is 1.77. The molecule has 68 valence electrons. The number of hydrogen-bond donors (Lipinski definition) is 0. The average molecular weight is 279 g/mol. The van der Waals surface area contributed by atoms with Crippen LogP contribution in [0.1, 0.15) is 0 Å². The van der Waals surface area contributed by atoms with Crippen LogP contribution < -0.4 is 0 Å². The Balaban J connectivity index is 2.51.